The van der Waals surface area contributed by atoms with E-state index in [-0.39, 0.29) is 5.97 Å². The summed E-state index contributed by atoms with van der Waals surface area (Å²) in [7, 11) is 1.56. The maximum atomic E-state index is 11.7. The second-order valence-electron chi connectivity index (χ2n) is 3.73. The standard InChI is InChI=1S/C13H14N2O3S/c1-4-18-13(16)11-8(2)19-12(15-11)9-5-6-10(17-3)14-7-9/h5-7H,4H2,1-3H3. The number of ether oxygens (including phenoxy) is 2. The minimum atomic E-state index is -0.385. The average molecular weight is 278 g/mol. The first kappa shape index (κ1) is 13.5. The van der Waals surface area contributed by atoms with Gasteiger partial charge < -0.3 is 9.47 Å². The number of rotatable bonds is 4. The van der Waals surface area contributed by atoms with Crippen molar-refractivity contribution in [1.29, 1.82) is 0 Å². The predicted molar refractivity (Wildman–Crippen MR) is 72.6 cm³/mol. The predicted octanol–water partition coefficient (Wildman–Crippen LogP) is 2.70. The van der Waals surface area contributed by atoms with E-state index in [1.54, 1.807) is 26.3 Å². The fourth-order valence-electron chi connectivity index (χ4n) is 1.54. The molecule has 0 unspecified atom stereocenters. The van der Waals surface area contributed by atoms with Gasteiger partial charge in [-0.3, -0.25) is 0 Å². The van der Waals surface area contributed by atoms with Crippen molar-refractivity contribution in [3.63, 3.8) is 0 Å². The van der Waals surface area contributed by atoms with Crippen molar-refractivity contribution in [1.82, 2.24) is 9.97 Å². The lowest BCUT2D eigenvalue weighted by molar-refractivity contribution is 0.0519. The van der Waals surface area contributed by atoms with Crippen LogP contribution in [0.3, 0.4) is 0 Å². The van der Waals surface area contributed by atoms with E-state index in [0.29, 0.717) is 18.2 Å². The number of aryl methyl sites for hydroxylation is 1. The number of pyridine rings is 1. The van der Waals surface area contributed by atoms with Crippen LogP contribution in [0.4, 0.5) is 0 Å². The van der Waals surface area contributed by atoms with Crippen LogP contribution < -0.4 is 4.74 Å². The quantitative estimate of drug-likeness (QED) is 0.805. The summed E-state index contributed by atoms with van der Waals surface area (Å²) in [6.45, 7) is 3.97. The van der Waals surface area contributed by atoms with Crippen LogP contribution in [0.15, 0.2) is 18.3 Å². The fourth-order valence-corrected chi connectivity index (χ4v) is 2.43. The van der Waals surface area contributed by atoms with Crippen molar-refractivity contribution in [2.45, 2.75) is 13.8 Å². The van der Waals surface area contributed by atoms with Gasteiger partial charge in [0.2, 0.25) is 5.88 Å². The van der Waals surface area contributed by atoms with Gasteiger partial charge in [0, 0.05) is 22.7 Å². The molecule has 100 valence electrons. The number of aromatic nitrogens is 2. The summed E-state index contributed by atoms with van der Waals surface area (Å²) in [6.07, 6.45) is 1.67. The van der Waals surface area contributed by atoms with Gasteiger partial charge in [0.1, 0.15) is 5.01 Å². The van der Waals surface area contributed by atoms with Crippen LogP contribution in [0.1, 0.15) is 22.3 Å². The molecule has 0 aliphatic rings. The molecule has 2 rings (SSSR count). The first-order valence-electron chi connectivity index (χ1n) is 5.80. The molecule has 0 atom stereocenters. The van der Waals surface area contributed by atoms with Gasteiger partial charge in [-0.1, -0.05) is 0 Å². The van der Waals surface area contributed by atoms with Crippen molar-refractivity contribution in [2.75, 3.05) is 13.7 Å². The lowest BCUT2D eigenvalue weighted by atomic mass is 10.3. The minimum absolute atomic E-state index is 0.342. The van der Waals surface area contributed by atoms with E-state index in [2.05, 4.69) is 9.97 Å². The highest BCUT2D eigenvalue weighted by molar-refractivity contribution is 7.15. The van der Waals surface area contributed by atoms with Crippen LogP contribution in [0, 0.1) is 6.92 Å². The van der Waals surface area contributed by atoms with Crippen LogP contribution in [0.25, 0.3) is 10.6 Å². The number of hydrogen-bond donors (Lipinski definition) is 0. The van der Waals surface area contributed by atoms with E-state index in [4.69, 9.17) is 9.47 Å². The SMILES string of the molecule is CCOC(=O)c1nc(-c2ccc(OC)nc2)sc1C. The number of carbonyl (C=O) groups excluding carboxylic acids is 1. The Balaban J connectivity index is 2.30. The Hall–Kier alpha value is -1.95. The maximum absolute atomic E-state index is 11.7. The molecule has 0 N–H and O–H groups in total. The summed E-state index contributed by atoms with van der Waals surface area (Å²) in [6, 6.07) is 3.62. The first-order valence-corrected chi connectivity index (χ1v) is 6.62. The minimum Gasteiger partial charge on any atom is -0.481 e. The monoisotopic (exact) mass is 278 g/mol. The highest BCUT2D eigenvalue weighted by Gasteiger charge is 2.17. The largest absolute Gasteiger partial charge is 0.481 e. The number of carbonyl (C=O) groups is 1. The summed E-state index contributed by atoms with van der Waals surface area (Å²) in [5.41, 5.74) is 1.22. The van der Waals surface area contributed by atoms with Crippen molar-refractivity contribution in [3.8, 4) is 16.5 Å². The Labute approximate surface area is 115 Å². The van der Waals surface area contributed by atoms with Crippen LogP contribution in [0.2, 0.25) is 0 Å². The van der Waals surface area contributed by atoms with E-state index in [1.807, 2.05) is 13.0 Å². The van der Waals surface area contributed by atoms with E-state index in [0.717, 1.165) is 15.4 Å². The fraction of sp³-hybridized carbons (Fsp3) is 0.308. The van der Waals surface area contributed by atoms with Crippen LogP contribution in [0.5, 0.6) is 5.88 Å². The van der Waals surface area contributed by atoms with Crippen molar-refractivity contribution in [3.05, 3.63) is 28.9 Å². The molecule has 0 saturated carbocycles. The first-order chi connectivity index (χ1) is 9.15. The molecule has 6 heteroatoms. The van der Waals surface area contributed by atoms with E-state index in [1.165, 1.54) is 11.3 Å². The molecular weight excluding hydrogens is 264 g/mol. The van der Waals surface area contributed by atoms with Crippen molar-refractivity contribution in [2.24, 2.45) is 0 Å². The molecule has 2 heterocycles. The lowest BCUT2D eigenvalue weighted by Crippen LogP contribution is -2.06. The zero-order chi connectivity index (χ0) is 13.8. The molecule has 19 heavy (non-hydrogen) atoms. The van der Waals surface area contributed by atoms with Gasteiger partial charge in [-0.05, 0) is 19.9 Å². The van der Waals surface area contributed by atoms with E-state index < -0.39 is 0 Å². The molecule has 0 saturated heterocycles. The normalized spacial score (nSPS) is 10.3. The molecule has 0 fully saturated rings. The van der Waals surface area contributed by atoms with Gasteiger partial charge in [-0.25, -0.2) is 14.8 Å². The van der Waals surface area contributed by atoms with Crippen molar-refractivity contribution >= 4 is 17.3 Å². The number of hydrogen-bond acceptors (Lipinski definition) is 6. The van der Waals surface area contributed by atoms with Crippen LogP contribution in [-0.4, -0.2) is 29.7 Å². The van der Waals surface area contributed by atoms with Gasteiger partial charge in [0.05, 0.1) is 13.7 Å². The van der Waals surface area contributed by atoms with Crippen LogP contribution >= 0.6 is 11.3 Å². The summed E-state index contributed by atoms with van der Waals surface area (Å²) in [4.78, 5) is 21.0. The third-order valence-electron chi connectivity index (χ3n) is 2.46. The number of esters is 1. The molecule has 0 aliphatic carbocycles. The average Bonchev–Trinajstić information content (AvgIpc) is 2.81. The van der Waals surface area contributed by atoms with Gasteiger partial charge in [-0.15, -0.1) is 11.3 Å². The Morgan fingerprint density at radius 3 is 2.79 bits per heavy atom. The third-order valence-corrected chi connectivity index (χ3v) is 3.48. The highest BCUT2D eigenvalue weighted by Crippen LogP contribution is 2.28. The van der Waals surface area contributed by atoms with Gasteiger partial charge in [0.25, 0.3) is 0 Å². The maximum Gasteiger partial charge on any atom is 0.358 e. The number of methoxy groups -OCH3 is 1. The summed E-state index contributed by atoms with van der Waals surface area (Å²) in [5.74, 6) is 0.159. The Bertz CT molecular complexity index is 578. The summed E-state index contributed by atoms with van der Waals surface area (Å²) < 4.78 is 9.97. The number of nitrogens with zero attached hydrogens (tertiary/aromatic N) is 2. The summed E-state index contributed by atoms with van der Waals surface area (Å²) >= 11 is 1.44. The molecule has 2 aromatic heterocycles. The molecule has 0 amide bonds. The molecule has 0 aromatic carbocycles. The molecule has 5 nitrogen and oxygen atoms in total. The Morgan fingerprint density at radius 1 is 1.42 bits per heavy atom. The smallest absolute Gasteiger partial charge is 0.358 e. The topological polar surface area (TPSA) is 61.3 Å². The molecule has 0 radical (unpaired) electrons. The van der Waals surface area contributed by atoms with Crippen molar-refractivity contribution < 1.29 is 14.3 Å². The molecule has 0 spiro atoms. The second-order valence-corrected chi connectivity index (χ2v) is 4.94. The van der Waals surface area contributed by atoms with Gasteiger partial charge in [-0.2, -0.15) is 0 Å². The molecule has 2 aromatic rings. The van der Waals surface area contributed by atoms with E-state index in [9.17, 15) is 4.79 Å². The number of thiazole rings is 1. The Morgan fingerprint density at radius 2 is 2.21 bits per heavy atom. The lowest BCUT2D eigenvalue weighted by Gasteiger charge is -1.99. The molecule has 0 bridgehead atoms. The zero-order valence-corrected chi connectivity index (χ0v) is 11.8. The second kappa shape index (κ2) is 5.79. The molecule has 0 aliphatic heterocycles. The van der Waals surface area contributed by atoms with Gasteiger partial charge >= 0.3 is 5.97 Å². The highest BCUT2D eigenvalue weighted by atomic mass is 32.1. The van der Waals surface area contributed by atoms with E-state index >= 15 is 0 Å². The Kier molecular flexibility index (Phi) is 4.11. The van der Waals surface area contributed by atoms with Crippen LogP contribution in [-0.2, 0) is 4.74 Å². The third kappa shape index (κ3) is 2.90. The molecular formula is C13H14N2O3S. The summed E-state index contributed by atoms with van der Waals surface area (Å²) in [5, 5.41) is 0.746. The zero-order valence-electron chi connectivity index (χ0n) is 11.0. The van der Waals surface area contributed by atoms with Gasteiger partial charge in [0.15, 0.2) is 5.69 Å².